The number of carbonyl (C=O) groups excluding carboxylic acids is 2. The Hall–Kier alpha value is -1.62. The molecular weight excluding hydrogens is 344 g/mol. The molecule has 3 aliphatic rings. The molecule has 1 saturated carbocycles. The summed E-state index contributed by atoms with van der Waals surface area (Å²) in [7, 11) is 0. The maximum absolute atomic E-state index is 12.7. The zero-order valence-corrected chi connectivity index (χ0v) is 16.9. The number of aliphatic hydroxyl groups excluding tert-OH is 1. The normalized spacial score (nSPS) is 35.4. The quantitative estimate of drug-likeness (QED) is 0.600. The fraction of sp³-hybridized carbons (Fsp3) is 0.727. The standard InChI is InChI=1S/C22H32O5/c1-5-26-19(24)11-14(13-23)17-12-16-15(20(25)27-17)7-8-18-21(2,3)9-6-10-22(16,18)4/h7,11,16-18,23H,5-6,8-10,12-13H2,1-4H3/b14-11-/t16-,17-,18-,22+/m0/s1. The second kappa shape index (κ2) is 7.42. The lowest BCUT2D eigenvalue weighted by molar-refractivity contribution is -0.154. The molecule has 0 spiro atoms. The summed E-state index contributed by atoms with van der Waals surface area (Å²) in [6, 6.07) is 0. The minimum absolute atomic E-state index is 0.0357. The number of aliphatic hydroxyl groups is 1. The van der Waals surface area contributed by atoms with Gasteiger partial charge in [-0.3, -0.25) is 0 Å². The molecule has 1 aliphatic heterocycles. The molecule has 0 aromatic rings. The molecule has 27 heavy (non-hydrogen) atoms. The summed E-state index contributed by atoms with van der Waals surface area (Å²) in [5.74, 6) is -0.196. The second-order valence-corrected chi connectivity index (χ2v) is 9.11. The summed E-state index contributed by atoms with van der Waals surface area (Å²) in [6.07, 6.45) is 7.79. The van der Waals surface area contributed by atoms with Crippen molar-refractivity contribution in [3.8, 4) is 0 Å². The number of allylic oxidation sites excluding steroid dienone is 1. The molecule has 0 bridgehead atoms. The van der Waals surface area contributed by atoms with Gasteiger partial charge in [-0.25, -0.2) is 9.59 Å². The highest BCUT2D eigenvalue weighted by atomic mass is 16.5. The average Bonchev–Trinajstić information content (AvgIpc) is 2.59. The third-order valence-corrected chi connectivity index (χ3v) is 7.14. The number of hydrogen-bond acceptors (Lipinski definition) is 5. The first-order chi connectivity index (χ1) is 12.7. The van der Waals surface area contributed by atoms with E-state index in [1.54, 1.807) is 6.92 Å². The van der Waals surface area contributed by atoms with Crippen LogP contribution in [0.4, 0.5) is 0 Å². The molecule has 4 atom stereocenters. The van der Waals surface area contributed by atoms with Gasteiger partial charge in [0, 0.05) is 23.1 Å². The summed E-state index contributed by atoms with van der Waals surface area (Å²) in [6.45, 7) is 8.67. The van der Waals surface area contributed by atoms with Crippen LogP contribution in [0.5, 0.6) is 0 Å². The molecule has 0 aromatic heterocycles. The fourth-order valence-electron chi connectivity index (χ4n) is 5.80. The van der Waals surface area contributed by atoms with E-state index in [0.29, 0.717) is 17.9 Å². The average molecular weight is 376 g/mol. The van der Waals surface area contributed by atoms with Crippen molar-refractivity contribution < 1.29 is 24.2 Å². The first-order valence-corrected chi connectivity index (χ1v) is 10.1. The molecule has 0 aromatic carbocycles. The van der Waals surface area contributed by atoms with Gasteiger partial charge in [0.25, 0.3) is 0 Å². The van der Waals surface area contributed by atoms with Crippen molar-refractivity contribution in [2.75, 3.05) is 13.2 Å². The Morgan fingerprint density at radius 1 is 1.37 bits per heavy atom. The predicted molar refractivity (Wildman–Crippen MR) is 102 cm³/mol. The number of esters is 2. The van der Waals surface area contributed by atoms with Crippen LogP contribution in [-0.2, 0) is 19.1 Å². The molecule has 0 unspecified atom stereocenters. The van der Waals surface area contributed by atoms with Gasteiger partial charge >= 0.3 is 11.9 Å². The molecule has 0 amide bonds. The van der Waals surface area contributed by atoms with Crippen molar-refractivity contribution in [1.29, 1.82) is 0 Å². The number of ether oxygens (including phenoxy) is 2. The van der Waals surface area contributed by atoms with E-state index >= 15 is 0 Å². The Bertz CT molecular complexity index is 674. The van der Waals surface area contributed by atoms with Crippen molar-refractivity contribution in [3.63, 3.8) is 0 Å². The molecule has 1 heterocycles. The van der Waals surface area contributed by atoms with Crippen LogP contribution in [0.1, 0.15) is 59.8 Å². The Balaban J connectivity index is 1.91. The van der Waals surface area contributed by atoms with Crippen molar-refractivity contribution in [2.45, 2.75) is 65.9 Å². The molecule has 3 rings (SSSR count). The molecule has 2 aliphatic carbocycles. The van der Waals surface area contributed by atoms with Gasteiger partial charge in [-0.15, -0.1) is 0 Å². The zero-order chi connectivity index (χ0) is 19.8. The number of fused-ring (bicyclic) bond motifs is 3. The summed E-state index contributed by atoms with van der Waals surface area (Å²) >= 11 is 0. The first-order valence-electron chi connectivity index (χ1n) is 10.1. The fourth-order valence-corrected chi connectivity index (χ4v) is 5.80. The van der Waals surface area contributed by atoms with E-state index < -0.39 is 12.1 Å². The monoisotopic (exact) mass is 376 g/mol. The van der Waals surface area contributed by atoms with E-state index in [1.165, 1.54) is 12.5 Å². The van der Waals surface area contributed by atoms with Crippen molar-refractivity contribution in [1.82, 2.24) is 0 Å². The van der Waals surface area contributed by atoms with Gasteiger partial charge in [0.1, 0.15) is 6.10 Å². The van der Waals surface area contributed by atoms with Gasteiger partial charge in [0.05, 0.1) is 13.2 Å². The third-order valence-electron chi connectivity index (χ3n) is 7.14. The van der Waals surface area contributed by atoms with Gasteiger partial charge in [-0.05, 0) is 49.4 Å². The van der Waals surface area contributed by atoms with E-state index in [-0.39, 0.29) is 35.9 Å². The van der Waals surface area contributed by atoms with Crippen LogP contribution in [-0.4, -0.2) is 36.4 Å². The second-order valence-electron chi connectivity index (χ2n) is 9.11. The number of rotatable bonds is 4. The lowest BCUT2D eigenvalue weighted by atomic mass is 9.47. The van der Waals surface area contributed by atoms with Crippen LogP contribution >= 0.6 is 0 Å². The number of carbonyl (C=O) groups is 2. The van der Waals surface area contributed by atoms with Gasteiger partial charge in [-0.1, -0.05) is 33.3 Å². The van der Waals surface area contributed by atoms with E-state index in [1.807, 2.05) is 0 Å². The minimum atomic E-state index is -0.574. The minimum Gasteiger partial charge on any atom is -0.463 e. The molecule has 2 fully saturated rings. The van der Waals surface area contributed by atoms with Crippen LogP contribution in [0.3, 0.4) is 0 Å². The van der Waals surface area contributed by atoms with E-state index in [2.05, 4.69) is 26.8 Å². The summed E-state index contributed by atoms with van der Waals surface area (Å²) in [5.41, 5.74) is 1.48. The summed E-state index contributed by atoms with van der Waals surface area (Å²) in [5, 5.41) is 9.78. The number of cyclic esters (lactones) is 1. The molecule has 5 nitrogen and oxygen atoms in total. The highest BCUT2D eigenvalue weighted by Crippen LogP contribution is 2.61. The highest BCUT2D eigenvalue weighted by Gasteiger charge is 2.55. The maximum atomic E-state index is 12.7. The Morgan fingerprint density at radius 2 is 2.11 bits per heavy atom. The summed E-state index contributed by atoms with van der Waals surface area (Å²) < 4.78 is 10.6. The van der Waals surface area contributed by atoms with E-state index in [9.17, 15) is 14.7 Å². The van der Waals surface area contributed by atoms with Gasteiger partial charge in [-0.2, -0.15) is 0 Å². The van der Waals surface area contributed by atoms with Gasteiger partial charge in [0.15, 0.2) is 0 Å². The molecule has 5 heteroatoms. The third kappa shape index (κ3) is 3.58. The predicted octanol–water partition coefficient (Wildman–Crippen LogP) is 3.56. The Kier molecular flexibility index (Phi) is 5.53. The molecule has 1 saturated heterocycles. The van der Waals surface area contributed by atoms with Crippen LogP contribution in [0.2, 0.25) is 0 Å². The smallest absolute Gasteiger partial charge is 0.334 e. The molecule has 0 radical (unpaired) electrons. The summed E-state index contributed by atoms with van der Waals surface area (Å²) in [4.78, 5) is 24.6. The number of hydrogen-bond donors (Lipinski definition) is 1. The van der Waals surface area contributed by atoms with Crippen molar-refractivity contribution in [3.05, 3.63) is 23.3 Å². The van der Waals surface area contributed by atoms with Crippen LogP contribution in [0.15, 0.2) is 23.3 Å². The van der Waals surface area contributed by atoms with Crippen molar-refractivity contribution >= 4 is 11.9 Å². The van der Waals surface area contributed by atoms with Crippen molar-refractivity contribution in [2.24, 2.45) is 22.7 Å². The van der Waals surface area contributed by atoms with Crippen LogP contribution in [0.25, 0.3) is 0 Å². The van der Waals surface area contributed by atoms with Gasteiger partial charge < -0.3 is 14.6 Å². The van der Waals surface area contributed by atoms with Crippen LogP contribution in [0, 0.1) is 22.7 Å². The first kappa shape index (κ1) is 20.1. The van der Waals surface area contributed by atoms with Gasteiger partial charge in [0.2, 0.25) is 0 Å². The lowest BCUT2D eigenvalue weighted by Crippen LogP contribution is -2.52. The zero-order valence-electron chi connectivity index (χ0n) is 16.9. The molecule has 1 N–H and O–H groups in total. The SMILES string of the molecule is CCOC(=O)/C=C(/CO)[C@@H]1C[C@H]2C(=CC[C@H]3C(C)(C)CCC[C@]23C)C(=O)O1. The van der Waals surface area contributed by atoms with E-state index in [0.717, 1.165) is 24.8 Å². The molecular formula is C22H32O5. The van der Waals surface area contributed by atoms with E-state index in [4.69, 9.17) is 9.47 Å². The topological polar surface area (TPSA) is 72.8 Å². The highest BCUT2D eigenvalue weighted by molar-refractivity contribution is 5.91. The largest absolute Gasteiger partial charge is 0.463 e. The molecule has 150 valence electrons. The maximum Gasteiger partial charge on any atom is 0.334 e. The van der Waals surface area contributed by atoms with Crippen LogP contribution < -0.4 is 0 Å². The lowest BCUT2D eigenvalue weighted by Gasteiger charge is -2.58. The Morgan fingerprint density at radius 3 is 2.78 bits per heavy atom. The Labute approximate surface area is 161 Å².